The summed E-state index contributed by atoms with van der Waals surface area (Å²) in [5, 5.41) is 3.27. The van der Waals surface area contributed by atoms with Gasteiger partial charge in [0, 0.05) is 23.0 Å². The van der Waals surface area contributed by atoms with Crippen molar-refractivity contribution in [1.29, 1.82) is 0 Å². The molecule has 2 aromatic rings. The minimum Gasteiger partial charge on any atom is -0.309 e. The zero-order valence-corrected chi connectivity index (χ0v) is 11.7. The zero-order valence-electron chi connectivity index (χ0n) is 10.9. The van der Waals surface area contributed by atoms with Gasteiger partial charge in [0.25, 0.3) is 0 Å². The summed E-state index contributed by atoms with van der Waals surface area (Å²) in [4.78, 5) is 5.32. The molecular formula is C14H16F2N2S. The third-order valence-corrected chi connectivity index (χ3v) is 3.96. The van der Waals surface area contributed by atoms with Crippen molar-refractivity contribution < 1.29 is 8.78 Å². The highest BCUT2D eigenvalue weighted by atomic mass is 32.1. The van der Waals surface area contributed by atoms with Crippen LogP contribution in [0.4, 0.5) is 8.78 Å². The van der Waals surface area contributed by atoms with Crippen LogP contribution < -0.4 is 5.32 Å². The van der Waals surface area contributed by atoms with Crippen LogP contribution in [-0.4, -0.2) is 11.0 Å². The topological polar surface area (TPSA) is 24.9 Å². The van der Waals surface area contributed by atoms with Gasteiger partial charge in [0.2, 0.25) is 0 Å². The first-order valence-corrected chi connectivity index (χ1v) is 7.01. The van der Waals surface area contributed by atoms with Gasteiger partial charge in [-0.25, -0.2) is 13.8 Å². The Kier molecular flexibility index (Phi) is 4.61. The number of aromatic nitrogens is 1. The van der Waals surface area contributed by atoms with Gasteiger partial charge in [-0.1, -0.05) is 6.07 Å². The summed E-state index contributed by atoms with van der Waals surface area (Å²) >= 11 is 1.58. The molecule has 1 unspecified atom stereocenters. The van der Waals surface area contributed by atoms with E-state index in [-0.39, 0.29) is 11.6 Å². The molecule has 0 bridgehead atoms. The Labute approximate surface area is 115 Å². The van der Waals surface area contributed by atoms with Crippen molar-refractivity contribution in [2.24, 2.45) is 0 Å². The van der Waals surface area contributed by atoms with E-state index < -0.39 is 11.6 Å². The van der Waals surface area contributed by atoms with E-state index >= 15 is 0 Å². The predicted octanol–water partition coefficient (Wildman–Crippen LogP) is 3.45. The fourth-order valence-electron chi connectivity index (χ4n) is 1.87. The molecule has 1 aromatic heterocycles. The van der Waals surface area contributed by atoms with Gasteiger partial charge in [0.1, 0.15) is 11.6 Å². The van der Waals surface area contributed by atoms with Gasteiger partial charge in [-0.05, 0) is 32.4 Å². The molecule has 0 saturated carbocycles. The molecule has 1 heterocycles. The number of nitrogens with zero attached hydrogens (tertiary/aromatic N) is 1. The fraction of sp³-hybridized carbons (Fsp3) is 0.357. The standard InChI is InChI=1S/C14H16F2N2S/c1-9(17-7-14-10(2)18-8-19-14)6-11-12(15)4-3-5-13(11)16/h3-5,8-9,17H,6-7H2,1-2H3. The molecule has 0 aliphatic rings. The van der Waals surface area contributed by atoms with Crippen LogP contribution in [-0.2, 0) is 13.0 Å². The van der Waals surface area contributed by atoms with Crippen molar-refractivity contribution >= 4 is 11.3 Å². The quantitative estimate of drug-likeness (QED) is 0.908. The zero-order chi connectivity index (χ0) is 13.8. The SMILES string of the molecule is Cc1ncsc1CNC(C)Cc1c(F)cccc1F. The Morgan fingerprint density at radius 1 is 1.32 bits per heavy atom. The van der Waals surface area contributed by atoms with E-state index in [0.717, 1.165) is 10.6 Å². The molecule has 0 aliphatic heterocycles. The van der Waals surface area contributed by atoms with E-state index in [0.29, 0.717) is 13.0 Å². The first-order valence-electron chi connectivity index (χ1n) is 6.13. The van der Waals surface area contributed by atoms with Crippen LogP contribution in [0.2, 0.25) is 0 Å². The molecule has 5 heteroatoms. The number of nitrogens with one attached hydrogen (secondary N) is 1. The molecule has 19 heavy (non-hydrogen) atoms. The molecule has 0 radical (unpaired) electrons. The Hall–Kier alpha value is -1.33. The molecule has 0 amide bonds. The van der Waals surface area contributed by atoms with Gasteiger partial charge in [-0.3, -0.25) is 0 Å². The average Bonchev–Trinajstić information content (AvgIpc) is 2.77. The Balaban J connectivity index is 1.94. The van der Waals surface area contributed by atoms with Gasteiger partial charge in [-0.15, -0.1) is 11.3 Å². The number of halogens is 2. The van der Waals surface area contributed by atoms with Gasteiger partial charge in [0.05, 0.1) is 11.2 Å². The third-order valence-electron chi connectivity index (χ3n) is 3.03. The summed E-state index contributed by atoms with van der Waals surface area (Å²) in [6.45, 7) is 4.55. The first kappa shape index (κ1) is 14.1. The van der Waals surface area contributed by atoms with Crippen molar-refractivity contribution in [2.75, 3.05) is 0 Å². The number of rotatable bonds is 5. The Morgan fingerprint density at radius 3 is 2.58 bits per heavy atom. The lowest BCUT2D eigenvalue weighted by molar-refractivity contribution is 0.500. The summed E-state index contributed by atoms with van der Waals surface area (Å²) in [5.41, 5.74) is 2.94. The predicted molar refractivity (Wildman–Crippen MR) is 73.2 cm³/mol. The van der Waals surface area contributed by atoms with Gasteiger partial charge in [0.15, 0.2) is 0 Å². The molecule has 2 rings (SSSR count). The van der Waals surface area contributed by atoms with Crippen LogP contribution >= 0.6 is 11.3 Å². The van der Waals surface area contributed by atoms with Crippen LogP contribution in [0.1, 0.15) is 23.1 Å². The largest absolute Gasteiger partial charge is 0.309 e. The van der Waals surface area contributed by atoms with Crippen molar-refractivity contribution in [2.45, 2.75) is 32.9 Å². The summed E-state index contributed by atoms with van der Waals surface area (Å²) in [6, 6.07) is 3.96. The van der Waals surface area contributed by atoms with E-state index in [2.05, 4.69) is 10.3 Å². The molecule has 1 aromatic carbocycles. The Morgan fingerprint density at radius 2 is 2.00 bits per heavy atom. The third kappa shape index (κ3) is 3.58. The highest BCUT2D eigenvalue weighted by Crippen LogP contribution is 2.15. The molecule has 102 valence electrons. The molecule has 1 atom stereocenters. The minimum absolute atomic E-state index is 0.00657. The number of thiazole rings is 1. The summed E-state index contributed by atoms with van der Waals surface area (Å²) in [7, 11) is 0. The molecular weight excluding hydrogens is 266 g/mol. The van der Waals surface area contributed by atoms with Crippen LogP contribution in [0.15, 0.2) is 23.7 Å². The van der Waals surface area contributed by atoms with Crippen LogP contribution in [0, 0.1) is 18.6 Å². The molecule has 1 N–H and O–H groups in total. The number of hydrogen-bond donors (Lipinski definition) is 1. The molecule has 2 nitrogen and oxygen atoms in total. The molecule has 0 fully saturated rings. The van der Waals surface area contributed by atoms with Crippen molar-refractivity contribution in [3.63, 3.8) is 0 Å². The fourth-order valence-corrected chi connectivity index (χ4v) is 2.60. The second kappa shape index (κ2) is 6.21. The second-order valence-corrected chi connectivity index (χ2v) is 5.49. The first-order chi connectivity index (χ1) is 9.08. The van der Waals surface area contributed by atoms with Gasteiger partial charge >= 0.3 is 0 Å². The van der Waals surface area contributed by atoms with Crippen LogP contribution in [0.3, 0.4) is 0 Å². The van der Waals surface area contributed by atoms with E-state index in [1.165, 1.54) is 18.2 Å². The van der Waals surface area contributed by atoms with E-state index in [1.54, 1.807) is 16.8 Å². The summed E-state index contributed by atoms with van der Waals surface area (Å²) in [6.07, 6.45) is 0.330. The average molecular weight is 282 g/mol. The van der Waals surface area contributed by atoms with Crippen LogP contribution in [0.25, 0.3) is 0 Å². The highest BCUT2D eigenvalue weighted by molar-refractivity contribution is 7.09. The lowest BCUT2D eigenvalue weighted by Crippen LogP contribution is -2.28. The molecule has 0 spiro atoms. The minimum atomic E-state index is -0.484. The van der Waals surface area contributed by atoms with Crippen molar-refractivity contribution in [3.8, 4) is 0 Å². The second-order valence-electron chi connectivity index (χ2n) is 4.55. The molecule has 0 aliphatic carbocycles. The number of benzene rings is 1. The van der Waals surface area contributed by atoms with Gasteiger partial charge in [-0.2, -0.15) is 0 Å². The van der Waals surface area contributed by atoms with Crippen molar-refractivity contribution in [3.05, 3.63) is 51.5 Å². The normalized spacial score (nSPS) is 12.6. The number of aryl methyl sites for hydroxylation is 1. The van der Waals surface area contributed by atoms with E-state index in [4.69, 9.17) is 0 Å². The van der Waals surface area contributed by atoms with Gasteiger partial charge < -0.3 is 5.32 Å². The maximum Gasteiger partial charge on any atom is 0.129 e. The lowest BCUT2D eigenvalue weighted by Gasteiger charge is -2.14. The van der Waals surface area contributed by atoms with E-state index in [1.807, 2.05) is 13.8 Å². The lowest BCUT2D eigenvalue weighted by atomic mass is 10.1. The Bertz CT molecular complexity index is 534. The maximum atomic E-state index is 13.5. The number of hydrogen-bond acceptors (Lipinski definition) is 3. The molecule has 0 saturated heterocycles. The maximum absolute atomic E-state index is 13.5. The van der Waals surface area contributed by atoms with E-state index in [9.17, 15) is 8.78 Å². The van der Waals surface area contributed by atoms with Crippen LogP contribution in [0.5, 0.6) is 0 Å². The highest BCUT2D eigenvalue weighted by Gasteiger charge is 2.12. The van der Waals surface area contributed by atoms with Crippen molar-refractivity contribution in [1.82, 2.24) is 10.3 Å². The smallest absolute Gasteiger partial charge is 0.129 e. The summed E-state index contributed by atoms with van der Waals surface area (Å²) in [5.74, 6) is -0.967. The monoisotopic (exact) mass is 282 g/mol. The summed E-state index contributed by atoms with van der Waals surface area (Å²) < 4.78 is 27.0.